The molecule has 2 nitrogen and oxygen atoms in total. The van der Waals surface area contributed by atoms with Gasteiger partial charge in [-0.1, -0.05) is 26.0 Å². The predicted molar refractivity (Wildman–Crippen MR) is 84.8 cm³/mol. The smallest absolute Gasteiger partial charge is 0.130 e. The first kappa shape index (κ1) is 14.7. The van der Waals surface area contributed by atoms with Crippen LogP contribution >= 0.6 is 0 Å². The summed E-state index contributed by atoms with van der Waals surface area (Å²) in [4.78, 5) is 0. The topological polar surface area (TPSA) is 17.8 Å². The fraction of sp³-hybridized carbons (Fsp3) is 0.278. The molecule has 0 aliphatic carbocycles. The van der Waals surface area contributed by atoms with Crippen LogP contribution in [-0.2, 0) is 6.54 Å². The molecule has 0 aliphatic rings. The average Bonchev–Trinajstić information content (AvgIpc) is 2.88. The van der Waals surface area contributed by atoms with Crippen LogP contribution in [0.25, 0.3) is 22.0 Å². The van der Waals surface area contributed by atoms with Gasteiger partial charge in [0.2, 0.25) is 0 Å². The highest BCUT2D eigenvalue weighted by atomic mass is 19.1. The number of halogens is 2. The van der Waals surface area contributed by atoms with E-state index in [4.69, 9.17) is 0 Å². The van der Waals surface area contributed by atoms with Crippen LogP contribution in [0.1, 0.15) is 32.3 Å². The zero-order chi connectivity index (χ0) is 15.9. The van der Waals surface area contributed by atoms with E-state index in [2.05, 4.69) is 5.10 Å². The molecule has 1 heterocycles. The molecule has 0 unspecified atom stereocenters. The van der Waals surface area contributed by atoms with Crippen molar-refractivity contribution in [3.05, 3.63) is 53.7 Å². The van der Waals surface area contributed by atoms with Crippen LogP contribution in [0.15, 0.2) is 36.5 Å². The van der Waals surface area contributed by atoms with Crippen molar-refractivity contribution in [1.82, 2.24) is 9.78 Å². The van der Waals surface area contributed by atoms with Crippen molar-refractivity contribution in [3.63, 3.8) is 0 Å². The zero-order valence-electron chi connectivity index (χ0n) is 12.9. The normalized spacial score (nSPS) is 11.5. The first-order valence-electron chi connectivity index (χ1n) is 7.46. The van der Waals surface area contributed by atoms with Gasteiger partial charge in [0.1, 0.15) is 11.6 Å². The number of fused-ring (bicyclic) bond motifs is 1. The highest BCUT2D eigenvalue weighted by Crippen LogP contribution is 2.32. The maximum atomic E-state index is 14.3. The van der Waals surface area contributed by atoms with E-state index in [1.165, 1.54) is 12.1 Å². The third-order valence-corrected chi connectivity index (χ3v) is 3.95. The minimum Gasteiger partial charge on any atom is -0.265 e. The van der Waals surface area contributed by atoms with Gasteiger partial charge in [-0.05, 0) is 42.2 Å². The van der Waals surface area contributed by atoms with Crippen LogP contribution in [0.5, 0.6) is 0 Å². The number of aryl methyl sites for hydroxylation is 1. The van der Waals surface area contributed by atoms with Crippen molar-refractivity contribution in [2.24, 2.45) is 0 Å². The van der Waals surface area contributed by atoms with Gasteiger partial charge in [-0.15, -0.1) is 0 Å². The predicted octanol–water partition coefficient (Wildman–Crippen LogP) is 5.12. The second-order valence-electron chi connectivity index (χ2n) is 5.71. The third-order valence-electron chi connectivity index (χ3n) is 3.95. The molecule has 0 radical (unpaired) electrons. The molecule has 2 aromatic carbocycles. The minimum atomic E-state index is -0.495. The van der Waals surface area contributed by atoms with Crippen molar-refractivity contribution < 1.29 is 8.78 Å². The van der Waals surface area contributed by atoms with Crippen molar-refractivity contribution in [3.8, 4) is 11.1 Å². The molecule has 0 aliphatic heterocycles. The Balaban J connectivity index is 2.22. The van der Waals surface area contributed by atoms with E-state index in [-0.39, 0.29) is 11.5 Å². The Morgan fingerprint density at radius 3 is 2.41 bits per heavy atom. The summed E-state index contributed by atoms with van der Waals surface area (Å²) in [5, 5.41) is 5.22. The number of hydrogen-bond donors (Lipinski definition) is 0. The highest BCUT2D eigenvalue weighted by Gasteiger charge is 2.16. The van der Waals surface area contributed by atoms with E-state index in [1.54, 1.807) is 20.0 Å². The van der Waals surface area contributed by atoms with Crippen LogP contribution in [0.4, 0.5) is 8.78 Å². The van der Waals surface area contributed by atoms with Crippen LogP contribution in [0, 0.1) is 11.6 Å². The fourth-order valence-electron chi connectivity index (χ4n) is 2.90. The molecule has 0 spiro atoms. The van der Waals surface area contributed by atoms with Gasteiger partial charge in [0.25, 0.3) is 0 Å². The molecular formula is C18H18F2N2. The van der Waals surface area contributed by atoms with Gasteiger partial charge in [-0.3, -0.25) is 4.68 Å². The molecule has 0 bridgehead atoms. The summed E-state index contributed by atoms with van der Waals surface area (Å²) in [7, 11) is 0. The Hall–Kier alpha value is -2.23. The Morgan fingerprint density at radius 1 is 1.14 bits per heavy atom. The van der Waals surface area contributed by atoms with Gasteiger partial charge in [0.05, 0.1) is 11.7 Å². The quantitative estimate of drug-likeness (QED) is 0.656. The zero-order valence-corrected chi connectivity index (χ0v) is 12.9. The summed E-state index contributed by atoms with van der Waals surface area (Å²) >= 11 is 0. The Labute approximate surface area is 128 Å². The highest BCUT2D eigenvalue weighted by molar-refractivity contribution is 5.94. The standard InChI is InChI=1S/C18H18F2N2/c1-4-22-17-7-5-6-13(14(17)10-21-22)12-8-15(19)18(11(2)3)16(20)9-12/h5-11H,4H2,1-3H3. The molecule has 0 N–H and O–H groups in total. The van der Waals surface area contributed by atoms with Gasteiger partial charge in [-0.25, -0.2) is 8.78 Å². The second-order valence-corrected chi connectivity index (χ2v) is 5.71. The first-order chi connectivity index (χ1) is 10.5. The van der Waals surface area contributed by atoms with Crippen molar-refractivity contribution in [2.75, 3.05) is 0 Å². The molecule has 114 valence electrons. The third kappa shape index (κ3) is 2.28. The Kier molecular flexibility index (Phi) is 3.69. The summed E-state index contributed by atoms with van der Waals surface area (Å²) in [6.07, 6.45) is 1.75. The van der Waals surface area contributed by atoms with Crippen LogP contribution in [0.3, 0.4) is 0 Å². The van der Waals surface area contributed by atoms with Crippen LogP contribution < -0.4 is 0 Å². The van der Waals surface area contributed by atoms with E-state index in [0.29, 0.717) is 5.56 Å². The molecule has 3 aromatic rings. The lowest BCUT2D eigenvalue weighted by molar-refractivity contribution is 0.542. The number of rotatable bonds is 3. The number of benzene rings is 2. The lowest BCUT2D eigenvalue weighted by Crippen LogP contribution is -1.99. The summed E-state index contributed by atoms with van der Waals surface area (Å²) in [5.74, 6) is -1.18. The number of hydrogen-bond acceptors (Lipinski definition) is 1. The summed E-state index contributed by atoms with van der Waals surface area (Å²) in [5.41, 5.74) is 2.44. The molecule has 1 aromatic heterocycles. The maximum Gasteiger partial charge on any atom is 0.130 e. The fourth-order valence-corrected chi connectivity index (χ4v) is 2.90. The summed E-state index contributed by atoms with van der Waals surface area (Å²) in [6, 6.07) is 8.54. The van der Waals surface area contributed by atoms with Gasteiger partial charge < -0.3 is 0 Å². The monoisotopic (exact) mass is 300 g/mol. The van der Waals surface area contributed by atoms with E-state index < -0.39 is 11.6 Å². The largest absolute Gasteiger partial charge is 0.265 e. The maximum absolute atomic E-state index is 14.3. The van der Waals surface area contributed by atoms with Gasteiger partial charge in [-0.2, -0.15) is 5.10 Å². The van der Waals surface area contributed by atoms with Gasteiger partial charge in [0.15, 0.2) is 0 Å². The molecule has 0 saturated carbocycles. The summed E-state index contributed by atoms with van der Waals surface area (Å²) in [6.45, 7) is 6.33. The molecule has 0 saturated heterocycles. The molecule has 0 fully saturated rings. The number of aromatic nitrogens is 2. The summed E-state index contributed by atoms with van der Waals surface area (Å²) < 4.78 is 30.4. The lowest BCUT2D eigenvalue weighted by atomic mass is 9.96. The van der Waals surface area contributed by atoms with E-state index >= 15 is 0 Å². The Morgan fingerprint density at radius 2 is 1.82 bits per heavy atom. The molecule has 3 rings (SSSR count). The van der Waals surface area contributed by atoms with Crippen LogP contribution in [-0.4, -0.2) is 9.78 Å². The molecule has 0 amide bonds. The Bertz CT molecular complexity index is 811. The van der Waals surface area contributed by atoms with Crippen LogP contribution in [0.2, 0.25) is 0 Å². The number of nitrogens with zero attached hydrogens (tertiary/aromatic N) is 2. The van der Waals surface area contributed by atoms with Crippen molar-refractivity contribution in [1.29, 1.82) is 0 Å². The van der Waals surface area contributed by atoms with Gasteiger partial charge in [0, 0.05) is 17.5 Å². The molecule has 22 heavy (non-hydrogen) atoms. The van der Waals surface area contributed by atoms with E-state index in [1.807, 2.05) is 29.8 Å². The average molecular weight is 300 g/mol. The van der Waals surface area contributed by atoms with Gasteiger partial charge >= 0.3 is 0 Å². The molecule has 4 heteroatoms. The van der Waals surface area contributed by atoms with E-state index in [0.717, 1.165) is 23.0 Å². The second kappa shape index (κ2) is 5.52. The van der Waals surface area contributed by atoms with Crippen molar-refractivity contribution >= 4 is 10.9 Å². The lowest BCUT2D eigenvalue weighted by Gasteiger charge is -2.11. The SMILES string of the molecule is CCn1ncc2c(-c3cc(F)c(C(C)C)c(F)c3)cccc21. The molecular weight excluding hydrogens is 282 g/mol. The van der Waals surface area contributed by atoms with E-state index in [9.17, 15) is 8.78 Å². The first-order valence-corrected chi connectivity index (χ1v) is 7.46. The molecule has 0 atom stereocenters. The minimum absolute atomic E-state index is 0.139. The van der Waals surface area contributed by atoms with Crippen molar-refractivity contribution in [2.45, 2.75) is 33.2 Å².